The number of para-hydroxylation sites is 6. The minimum Gasteiger partial charge on any atom is -0.311 e. The lowest BCUT2D eigenvalue weighted by molar-refractivity contribution is 0.590. The van der Waals surface area contributed by atoms with Gasteiger partial charge in [0.1, 0.15) is 0 Å². The molecular formula is C68H56BN5. The molecule has 0 unspecified atom stereocenters. The Hall–Kier alpha value is -8.74. The molecule has 11 aromatic rings. The molecule has 1 aromatic heterocycles. The smallest absolute Gasteiger partial charge is 0.252 e. The Bertz CT molecular complexity index is 6020. The molecule has 10 aromatic carbocycles. The Morgan fingerprint density at radius 1 is 0.378 bits per heavy atom. The van der Waals surface area contributed by atoms with Gasteiger partial charge in [0.15, 0.2) is 0 Å². The maximum atomic E-state index is 11.2. The zero-order chi connectivity index (χ0) is 83.1. The summed E-state index contributed by atoms with van der Waals surface area (Å²) in [5.74, 6) is 0. The van der Waals surface area contributed by atoms with Crippen LogP contribution in [0.2, 0.25) is 0 Å². The minimum atomic E-state index is -2.41. The van der Waals surface area contributed by atoms with Crippen LogP contribution >= 0.6 is 0 Å². The molecular weight excluding hydrogens is 898 g/mol. The van der Waals surface area contributed by atoms with E-state index in [0.29, 0.717) is 14.7 Å². The zero-order valence-electron chi connectivity index (χ0n) is 77.8. The SMILES string of the molecule is [2H]c1c([2H])c([2H])c(N(c2c([2H])c([2H])c([2H])c([2H])c2[2H])c2c([2H])c3c4c(c2[2H])N2c5c(c([2H])c([2H])c([2H])c5-n5c6c([2H])c([2H])c([2H])c([2H])c6c6c([2H])c([2H])c([2H])c2c65)B4c2c([2H])c([2H])c(N(c4c([2H])c([2H])c(C(C)(C)C)c([2H])c4[2H])c4c([2H])c([2H])c(C(C)(C)C)c([2H])c4[2H])c([2H])c2N3c2c([2H])c([2H])c([2H])c([2H])c2[2H])c([2H])c1[2H]. The van der Waals surface area contributed by atoms with E-state index in [4.69, 9.17) is 12.3 Å². The number of rotatable bonds is 7. The Balaban J connectivity index is 1.34. The van der Waals surface area contributed by atoms with Gasteiger partial charge in [-0.2, -0.15) is 0 Å². The predicted octanol–water partition coefficient (Wildman–Crippen LogP) is 16.7. The van der Waals surface area contributed by atoms with E-state index in [0.717, 1.165) is 9.47 Å². The van der Waals surface area contributed by atoms with Gasteiger partial charge < -0.3 is 24.2 Å². The van der Waals surface area contributed by atoms with Crippen LogP contribution in [0.5, 0.6) is 0 Å². The molecule has 356 valence electrons. The number of nitrogens with zero attached hydrogens (tertiary/aromatic N) is 5. The maximum Gasteiger partial charge on any atom is 0.252 e. The molecule has 3 aliphatic heterocycles. The van der Waals surface area contributed by atoms with Gasteiger partial charge in [-0.1, -0.05) is 168 Å². The first-order valence-corrected chi connectivity index (χ1v) is 23.0. The molecule has 74 heavy (non-hydrogen) atoms. The molecule has 0 radical (unpaired) electrons. The van der Waals surface area contributed by atoms with Crippen LogP contribution in [-0.2, 0) is 10.8 Å². The highest BCUT2D eigenvalue weighted by atomic mass is 15.2. The van der Waals surface area contributed by atoms with Gasteiger partial charge in [0.05, 0.1) is 85.9 Å². The number of anilines is 12. The van der Waals surface area contributed by atoms with Crippen molar-refractivity contribution >= 4 is 113 Å². The van der Waals surface area contributed by atoms with E-state index in [-0.39, 0.29) is 11.1 Å². The summed E-state index contributed by atoms with van der Waals surface area (Å²) < 4.78 is 371. The Kier molecular flexibility index (Phi) is 4.42. The van der Waals surface area contributed by atoms with E-state index in [1.165, 1.54) is 0 Å². The molecule has 3 aliphatic rings. The second kappa shape index (κ2) is 16.4. The van der Waals surface area contributed by atoms with Crippen molar-refractivity contribution in [1.29, 1.82) is 0 Å². The summed E-state index contributed by atoms with van der Waals surface area (Å²) in [5, 5.41) is -1.12. The summed E-state index contributed by atoms with van der Waals surface area (Å²) in [6, 6.07) is -42.3. The topological polar surface area (TPSA) is 17.9 Å². The molecule has 0 spiro atoms. The third kappa shape index (κ3) is 6.70. The van der Waals surface area contributed by atoms with Gasteiger partial charge in [0.2, 0.25) is 0 Å². The highest BCUT2D eigenvalue weighted by Gasteiger charge is 2.47. The zero-order valence-corrected chi connectivity index (χ0v) is 39.8. The molecule has 6 heteroatoms. The number of hydrogen-bond donors (Lipinski definition) is 0. The van der Waals surface area contributed by atoms with Gasteiger partial charge in [-0.05, 0) is 141 Å². The van der Waals surface area contributed by atoms with Crippen LogP contribution < -0.4 is 36.0 Å². The van der Waals surface area contributed by atoms with Crippen LogP contribution in [0, 0.1) is 0 Å². The lowest BCUT2D eigenvalue weighted by Gasteiger charge is -2.47. The third-order valence-electron chi connectivity index (χ3n) is 12.8. The fourth-order valence-corrected chi connectivity index (χ4v) is 9.50. The van der Waals surface area contributed by atoms with Crippen LogP contribution in [0.1, 0.15) is 105 Å². The van der Waals surface area contributed by atoms with Gasteiger partial charge in [-0.25, -0.2) is 0 Å². The summed E-state index contributed by atoms with van der Waals surface area (Å²) in [4.78, 5) is 2.13. The summed E-state index contributed by atoms with van der Waals surface area (Å²) in [7, 11) is 0. The van der Waals surface area contributed by atoms with E-state index in [1.807, 2.05) is 0 Å². The van der Waals surface area contributed by atoms with E-state index >= 15 is 0 Å². The van der Waals surface area contributed by atoms with E-state index in [1.54, 1.807) is 41.5 Å². The summed E-state index contributed by atoms with van der Waals surface area (Å²) in [6.45, 7) is 6.84. The van der Waals surface area contributed by atoms with E-state index < -0.39 is 359 Å². The largest absolute Gasteiger partial charge is 0.311 e. The highest BCUT2D eigenvalue weighted by Crippen LogP contribution is 2.54. The van der Waals surface area contributed by atoms with Crippen LogP contribution in [0.3, 0.4) is 0 Å². The minimum absolute atomic E-state index is 0.243. The van der Waals surface area contributed by atoms with Crippen molar-refractivity contribution in [2.24, 2.45) is 0 Å². The maximum absolute atomic E-state index is 11.2. The summed E-state index contributed by atoms with van der Waals surface area (Å²) in [5.41, 5.74) is -20.3. The van der Waals surface area contributed by atoms with Crippen molar-refractivity contribution in [2.45, 2.75) is 52.4 Å². The molecule has 0 fully saturated rings. The Morgan fingerprint density at radius 2 is 0.865 bits per heavy atom. The normalized spacial score (nSPS) is 20.4. The van der Waals surface area contributed by atoms with Crippen molar-refractivity contribution in [3.05, 3.63) is 241 Å². The Labute approximate surface area is 488 Å². The number of hydrogen-bond acceptors (Lipinski definition) is 4. The van der Waals surface area contributed by atoms with Gasteiger partial charge >= 0.3 is 0 Å². The molecule has 14 rings (SSSR count). The first-order chi connectivity index (χ1) is 51.8. The fourth-order valence-electron chi connectivity index (χ4n) is 9.50. The standard InChI is InChI=1S/C68H56BN5/c1-67(2,3)45-32-36-50(37-33-45)70(51-38-34-46(35-39-51)68(4,5)6)52-40-41-56-61(42-52)72(49-24-14-9-15-25-49)62-43-53(71(47-20-10-7-11-21-47)48-22-12-8-13-23-48)44-63-64(62)69(56)57-28-19-31-60-66(57)74(63)59-30-18-27-55-54-26-16-17-29-58(54)73(60)65(55)59/h7-44H,1-6H3/i7D,8D,9D,10D,11D,12D,13D,14D,15D,16D,17D,18D,19D,20D,21D,22D,23D,24D,25D,26D,27D,28D,29D,30D,31D,32D,33D,34D,35D,36D,37D,38D,39D,40D,41D,42D,43D,44D. The van der Waals surface area contributed by atoms with Crippen molar-refractivity contribution in [1.82, 2.24) is 4.57 Å². The summed E-state index contributed by atoms with van der Waals surface area (Å²) >= 11 is 0. The first kappa shape index (κ1) is 19.9. The second-order valence-electron chi connectivity index (χ2n) is 19.3. The average Bonchev–Trinajstić information content (AvgIpc) is 1.22. The highest BCUT2D eigenvalue weighted by molar-refractivity contribution is 7.00. The molecule has 0 bridgehead atoms. The lowest BCUT2D eigenvalue weighted by Crippen LogP contribution is -2.61. The molecule has 0 atom stereocenters. The molecule has 0 saturated carbocycles. The van der Waals surface area contributed by atoms with Crippen LogP contribution in [-0.4, -0.2) is 11.3 Å². The number of fused-ring (bicyclic) bond motifs is 9. The Morgan fingerprint density at radius 3 is 1.49 bits per heavy atom. The fraction of sp³-hybridized carbons (Fsp3) is 0.118. The predicted molar refractivity (Wildman–Crippen MR) is 315 cm³/mol. The van der Waals surface area contributed by atoms with Crippen LogP contribution in [0.15, 0.2) is 230 Å². The number of aromatic nitrogens is 1. The molecule has 4 heterocycles. The van der Waals surface area contributed by atoms with Crippen LogP contribution in [0.4, 0.5) is 68.2 Å². The quantitative estimate of drug-likeness (QED) is 0.148. The monoisotopic (exact) mass is 992 g/mol. The molecule has 0 aliphatic carbocycles. The van der Waals surface area contributed by atoms with E-state index in [2.05, 4.69) is 0 Å². The molecule has 0 N–H and O–H groups in total. The molecule has 0 saturated heterocycles. The average molecular weight is 992 g/mol. The first-order valence-electron chi connectivity index (χ1n) is 42.0. The second-order valence-corrected chi connectivity index (χ2v) is 19.3. The van der Waals surface area contributed by atoms with Crippen molar-refractivity contribution in [3.63, 3.8) is 0 Å². The lowest BCUT2D eigenvalue weighted by atomic mass is 9.33. The van der Waals surface area contributed by atoms with E-state index in [9.17, 15) is 39.8 Å². The van der Waals surface area contributed by atoms with Gasteiger partial charge in [0.25, 0.3) is 6.71 Å². The van der Waals surface area contributed by atoms with Gasteiger partial charge in [0, 0.05) is 62.0 Å². The van der Waals surface area contributed by atoms with Crippen molar-refractivity contribution in [2.75, 3.05) is 19.6 Å². The number of benzene rings is 10. The van der Waals surface area contributed by atoms with Crippen molar-refractivity contribution < 1.29 is 52.1 Å². The molecule has 0 amide bonds. The van der Waals surface area contributed by atoms with Gasteiger partial charge in [-0.3, -0.25) is 0 Å². The molecule has 5 nitrogen and oxygen atoms in total. The van der Waals surface area contributed by atoms with Gasteiger partial charge in [-0.15, -0.1) is 0 Å². The third-order valence-corrected chi connectivity index (χ3v) is 12.8. The van der Waals surface area contributed by atoms with Crippen molar-refractivity contribution in [3.8, 4) is 5.69 Å². The summed E-state index contributed by atoms with van der Waals surface area (Å²) in [6.07, 6.45) is 0. The van der Waals surface area contributed by atoms with Crippen LogP contribution in [0.25, 0.3) is 27.5 Å².